The Morgan fingerprint density at radius 2 is 1.72 bits per heavy atom. The average Bonchev–Trinajstić information content (AvgIpc) is 2.73. The zero-order valence-corrected chi connectivity index (χ0v) is 21.8. The van der Waals surface area contributed by atoms with Crippen LogP contribution >= 0.6 is 0 Å². The van der Waals surface area contributed by atoms with E-state index in [0.29, 0.717) is 6.42 Å². The van der Waals surface area contributed by atoms with E-state index in [4.69, 9.17) is 13.9 Å². The molecule has 4 rings (SSSR count). The average molecular weight is 461 g/mol. The summed E-state index contributed by atoms with van der Waals surface area (Å²) in [5.74, 6) is 0.734. The van der Waals surface area contributed by atoms with Gasteiger partial charge in [0.1, 0.15) is 5.76 Å². The van der Waals surface area contributed by atoms with Crippen molar-refractivity contribution in [2.45, 2.75) is 104 Å². The van der Waals surface area contributed by atoms with E-state index in [1.54, 1.807) is 0 Å². The minimum absolute atomic E-state index is 0.0845. The standard InChI is InChI=1S/C26H40O5Si/c1-7-29-23(27)26-19-14-10-8-12-17(19)22(31-32(5,6)25(2,3)4)16-20(26)18-13-9-11-15-21(18)30-24(26)28/h19-20H,7-16H2,1-6H3. The number of hydrogen-bond acceptors (Lipinski definition) is 5. The smallest absolute Gasteiger partial charge is 0.329 e. The first-order valence-corrected chi connectivity index (χ1v) is 15.5. The van der Waals surface area contributed by atoms with Crippen molar-refractivity contribution in [3.63, 3.8) is 0 Å². The number of fused-ring (bicyclic) bond motifs is 4. The highest BCUT2D eigenvalue weighted by atomic mass is 28.4. The Morgan fingerprint density at radius 3 is 2.41 bits per heavy atom. The van der Waals surface area contributed by atoms with E-state index in [1.807, 2.05) is 6.92 Å². The molecule has 3 unspecified atom stereocenters. The number of carbonyl (C=O) groups excluding carboxylic acids is 2. The van der Waals surface area contributed by atoms with Gasteiger partial charge in [-0.15, -0.1) is 0 Å². The van der Waals surface area contributed by atoms with Crippen LogP contribution in [0.1, 0.15) is 85.5 Å². The number of ether oxygens (including phenoxy) is 2. The van der Waals surface area contributed by atoms with E-state index in [0.717, 1.165) is 62.9 Å². The number of esters is 2. The van der Waals surface area contributed by atoms with Gasteiger partial charge in [0.25, 0.3) is 0 Å². The van der Waals surface area contributed by atoms with E-state index >= 15 is 0 Å². The summed E-state index contributed by atoms with van der Waals surface area (Å²) < 4.78 is 18.5. The lowest BCUT2D eigenvalue weighted by molar-refractivity contribution is -0.183. The second-order valence-corrected chi connectivity index (χ2v) is 16.2. The molecule has 0 radical (unpaired) electrons. The molecular formula is C26H40O5Si. The van der Waals surface area contributed by atoms with E-state index in [2.05, 4.69) is 33.9 Å². The monoisotopic (exact) mass is 460 g/mol. The van der Waals surface area contributed by atoms with Crippen molar-refractivity contribution in [1.29, 1.82) is 0 Å². The Hall–Kier alpha value is -1.56. The lowest BCUT2D eigenvalue weighted by atomic mass is 9.53. The maximum absolute atomic E-state index is 13.7. The van der Waals surface area contributed by atoms with Gasteiger partial charge in [-0.25, -0.2) is 0 Å². The molecule has 0 aromatic heterocycles. The molecule has 0 bridgehead atoms. The molecule has 0 aromatic rings. The van der Waals surface area contributed by atoms with Crippen molar-refractivity contribution < 1.29 is 23.5 Å². The topological polar surface area (TPSA) is 61.8 Å². The Balaban J connectivity index is 1.88. The van der Waals surface area contributed by atoms with Gasteiger partial charge in [0.05, 0.1) is 12.4 Å². The van der Waals surface area contributed by atoms with Crippen LogP contribution in [0.15, 0.2) is 22.7 Å². The Bertz CT molecular complexity index is 862. The predicted molar refractivity (Wildman–Crippen MR) is 126 cm³/mol. The van der Waals surface area contributed by atoms with Gasteiger partial charge in [0.2, 0.25) is 8.32 Å². The highest BCUT2D eigenvalue weighted by Crippen LogP contribution is 2.61. The normalized spacial score (nSPS) is 30.8. The van der Waals surface area contributed by atoms with E-state index in [-0.39, 0.29) is 35.4 Å². The molecule has 1 heterocycles. The number of allylic oxidation sites excluding steroid dienone is 4. The highest BCUT2D eigenvalue weighted by Gasteiger charge is 2.66. The van der Waals surface area contributed by atoms with Gasteiger partial charge >= 0.3 is 11.9 Å². The van der Waals surface area contributed by atoms with Crippen LogP contribution in [0.3, 0.4) is 0 Å². The Labute approximate surface area is 194 Å². The third-order valence-electron chi connectivity index (χ3n) is 8.69. The lowest BCUT2D eigenvalue weighted by Crippen LogP contribution is -2.59. The lowest BCUT2D eigenvalue weighted by Gasteiger charge is -2.53. The van der Waals surface area contributed by atoms with E-state index < -0.39 is 13.7 Å². The van der Waals surface area contributed by atoms with Gasteiger partial charge in [-0.1, -0.05) is 27.2 Å². The summed E-state index contributed by atoms with van der Waals surface area (Å²) in [6.45, 7) is 13.4. The molecule has 4 aliphatic rings. The zero-order valence-electron chi connectivity index (χ0n) is 20.8. The summed E-state index contributed by atoms with van der Waals surface area (Å²) in [6.07, 6.45) is 8.19. The molecule has 178 valence electrons. The van der Waals surface area contributed by atoms with Gasteiger partial charge in [-0.2, -0.15) is 0 Å². The van der Waals surface area contributed by atoms with Gasteiger partial charge in [0, 0.05) is 24.7 Å². The third kappa shape index (κ3) is 3.57. The second kappa shape index (κ2) is 8.34. The number of rotatable bonds is 4. The molecule has 1 aliphatic heterocycles. The summed E-state index contributed by atoms with van der Waals surface area (Å²) in [5, 5.41) is 0.0845. The van der Waals surface area contributed by atoms with Crippen molar-refractivity contribution in [3.8, 4) is 0 Å². The molecule has 0 saturated heterocycles. The van der Waals surface area contributed by atoms with E-state index in [9.17, 15) is 9.59 Å². The van der Waals surface area contributed by atoms with Crippen molar-refractivity contribution >= 4 is 20.3 Å². The van der Waals surface area contributed by atoms with E-state index in [1.165, 1.54) is 11.1 Å². The highest BCUT2D eigenvalue weighted by molar-refractivity contribution is 6.74. The molecular weight excluding hydrogens is 420 g/mol. The summed E-state index contributed by atoms with van der Waals surface area (Å²) in [7, 11) is -2.06. The molecule has 32 heavy (non-hydrogen) atoms. The van der Waals surface area contributed by atoms with Crippen molar-refractivity contribution in [3.05, 3.63) is 22.7 Å². The SMILES string of the molecule is CCOC(=O)C12C(=O)OC3=C(CCCC3)C1CC(O[Si](C)(C)C(C)(C)C)=C1CCCCC12. The molecule has 0 aromatic carbocycles. The van der Waals surface area contributed by atoms with Crippen LogP contribution in [-0.4, -0.2) is 26.9 Å². The first-order chi connectivity index (χ1) is 15.0. The zero-order chi connectivity index (χ0) is 23.3. The van der Waals surface area contributed by atoms with Crippen molar-refractivity contribution in [2.24, 2.45) is 17.3 Å². The fourth-order valence-corrected chi connectivity index (χ4v) is 7.16. The van der Waals surface area contributed by atoms with Gasteiger partial charge in [0.15, 0.2) is 5.41 Å². The van der Waals surface area contributed by atoms with Crippen molar-refractivity contribution in [1.82, 2.24) is 0 Å². The van der Waals surface area contributed by atoms with Crippen LogP contribution in [0.5, 0.6) is 0 Å². The molecule has 1 fully saturated rings. The molecule has 5 nitrogen and oxygen atoms in total. The first kappa shape index (κ1) is 23.6. The quantitative estimate of drug-likeness (QED) is 0.276. The third-order valence-corrected chi connectivity index (χ3v) is 13.1. The largest absolute Gasteiger partial charge is 0.547 e. The van der Waals surface area contributed by atoms with Crippen LogP contribution in [-0.2, 0) is 23.5 Å². The minimum Gasteiger partial charge on any atom is -0.547 e. The van der Waals surface area contributed by atoms with Gasteiger partial charge in [-0.05, 0) is 74.7 Å². The summed E-state index contributed by atoms with van der Waals surface area (Å²) >= 11 is 0. The van der Waals surface area contributed by atoms with Crippen LogP contribution < -0.4 is 0 Å². The summed E-state index contributed by atoms with van der Waals surface area (Å²) in [6, 6.07) is 0. The Kier molecular flexibility index (Phi) is 6.15. The molecule has 1 saturated carbocycles. The predicted octanol–water partition coefficient (Wildman–Crippen LogP) is 6.41. The van der Waals surface area contributed by atoms with Crippen LogP contribution in [0.25, 0.3) is 0 Å². The molecule has 0 amide bonds. The van der Waals surface area contributed by atoms with Crippen LogP contribution in [0, 0.1) is 17.3 Å². The fourth-order valence-electron chi connectivity index (χ4n) is 6.02. The maximum Gasteiger partial charge on any atom is 0.329 e. The van der Waals surface area contributed by atoms with Crippen LogP contribution in [0.4, 0.5) is 0 Å². The first-order valence-electron chi connectivity index (χ1n) is 12.6. The molecule has 3 aliphatic carbocycles. The second-order valence-electron chi connectivity index (χ2n) is 11.5. The van der Waals surface area contributed by atoms with Crippen molar-refractivity contribution in [2.75, 3.05) is 6.61 Å². The minimum atomic E-state index is -2.06. The molecule has 3 atom stereocenters. The molecule has 6 heteroatoms. The molecule has 0 spiro atoms. The maximum atomic E-state index is 13.7. The number of carbonyl (C=O) groups is 2. The fraction of sp³-hybridized carbons (Fsp3) is 0.769. The number of hydrogen-bond donors (Lipinski definition) is 0. The van der Waals surface area contributed by atoms with Crippen LogP contribution in [0.2, 0.25) is 18.1 Å². The van der Waals surface area contributed by atoms with Gasteiger partial charge in [-0.3, -0.25) is 9.59 Å². The summed E-state index contributed by atoms with van der Waals surface area (Å²) in [4.78, 5) is 27.4. The molecule has 0 N–H and O–H groups in total. The Morgan fingerprint density at radius 1 is 1.06 bits per heavy atom. The van der Waals surface area contributed by atoms with Gasteiger partial charge < -0.3 is 13.9 Å². The summed E-state index contributed by atoms with van der Waals surface area (Å²) in [5.41, 5.74) is 1.11.